The SMILES string of the molecule is Cn1nncc1C(NN)C1CC1. The summed E-state index contributed by atoms with van der Waals surface area (Å²) in [7, 11) is 1.88. The number of rotatable bonds is 3. The minimum absolute atomic E-state index is 0.227. The molecule has 1 aliphatic carbocycles. The van der Waals surface area contributed by atoms with Gasteiger partial charge in [0.25, 0.3) is 0 Å². The summed E-state index contributed by atoms with van der Waals surface area (Å²) in [6, 6.07) is 0.227. The van der Waals surface area contributed by atoms with Gasteiger partial charge in [-0.1, -0.05) is 5.21 Å². The van der Waals surface area contributed by atoms with Crippen molar-refractivity contribution >= 4 is 0 Å². The van der Waals surface area contributed by atoms with E-state index in [9.17, 15) is 0 Å². The predicted molar refractivity (Wildman–Crippen MR) is 43.8 cm³/mol. The summed E-state index contributed by atoms with van der Waals surface area (Å²) < 4.78 is 1.77. The van der Waals surface area contributed by atoms with Gasteiger partial charge in [0, 0.05) is 7.05 Å². The second kappa shape index (κ2) is 2.84. The molecule has 12 heavy (non-hydrogen) atoms. The molecule has 5 heteroatoms. The highest BCUT2D eigenvalue weighted by Crippen LogP contribution is 2.39. The van der Waals surface area contributed by atoms with Crippen molar-refractivity contribution in [1.82, 2.24) is 20.4 Å². The summed E-state index contributed by atoms with van der Waals surface area (Å²) >= 11 is 0. The van der Waals surface area contributed by atoms with Crippen LogP contribution in [-0.4, -0.2) is 15.0 Å². The molecule has 1 aromatic rings. The first kappa shape index (κ1) is 7.70. The van der Waals surface area contributed by atoms with E-state index in [0.29, 0.717) is 5.92 Å². The van der Waals surface area contributed by atoms with Crippen LogP contribution in [0.15, 0.2) is 6.20 Å². The zero-order valence-corrected chi connectivity index (χ0v) is 7.07. The summed E-state index contributed by atoms with van der Waals surface area (Å²) in [5.41, 5.74) is 3.88. The molecule has 0 aromatic carbocycles. The van der Waals surface area contributed by atoms with Crippen LogP contribution in [-0.2, 0) is 7.05 Å². The van der Waals surface area contributed by atoms with E-state index in [1.165, 1.54) is 12.8 Å². The smallest absolute Gasteiger partial charge is 0.0769 e. The third-order valence-corrected chi connectivity index (χ3v) is 2.34. The molecule has 1 aromatic heterocycles. The van der Waals surface area contributed by atoms with Crippen molar-refractivity contribution in [3.05, 3.63) is 11.9 Å². The van der Waals surface area contributed by atoms with Crippen molar-refractivity contribution in [2.24, 2.45) is 18.8 Å². The van der Waals surface area contributed by atoms with Gasteiger partial charge in [-0.05, 0) is 18.8 Å². The van der Waals surface area contributed by atoms with Crippen molar-refractivity contribution < 1.29 is 0 Å². The Labute approximate surface area is 70.9 Å². The van der Waals surface area contributed by atoms with Gasteiger partial charge in [-0.15, -0.1) is 5.10 Å². The average Bonchev–Trinajstić information content (AvgIpc) is 2.80. The summed E-state index contributed by atoms with van der Waals surface area (Å²) in [4.78, 5) is 0. The summed E-state index contributed by atoms with van der Waals surface area (Å²) in [6.07, 6.45) is 4.27. The fourth-order valence-corrected chi connectivity index (χ4v) is 1.47. The molecule has 0 saturated heterocycles. The lowest BCUT2D eigenvalue weighted by atomic mass is 10.1. The number of aromatic nitrogens is 3. The van der Waals surface area contributed by atoms with Crippen molar-refractivity contribution in [2.45, 2.75) is 18.9 Å². The van der Waals surface area contributed by atoms with E-state index in [0.717, 1.165) is 5.69 Å². The second-order valence-corrected chi connectivity index (χ2v) is 3.26. The minimum Gasteiger partial charge on any atom is -0.271 e. The van der Waals surface area contributed by atoms with Gasteiger partial charge in [0.2, 0.25) is 0 Å². The quantitative estimate of drug-likeness (QED) is 0.480. The Balaban J connectivity index is 2.20. The van der Waals surface area contributed by atoms with Crippen LogP contribution in [0.5, 0.6) is 0 Å². The predicted octanol–water partition coefficient (Wildman–Crippen LogP) is -0.271. The van der Waals surface area contributed by atoms with E-state index in [4.69, 9.17) is 5.84 Å². The van der Waals surface area contributed by atoms with Crippen LogP contribution in [0.3, 0.4) is 0 Å². The first-order valence-electron chi connectivity index (χ1n) is 4.13. The molecule has 1 aliphatic rings. The number of nitrogens with zero attached hydrogens (tertiary/aromatic N) is 3. The maximum Gasteiger partial charge on any atom is 0.0769 e. The van der Waals surface area contributed by atoms with Gasteiger partial charge in [-0.25, -0.2) is 0 Å². The molecule has 3 N–H and O–H groups in total. The summed E-state index contributed by atoms with van der Waals surface area (Å²) in [5, 5.41) is 7.68. The first-order chi connectivity index (χ1) is 5.83. The maximum atomic E-state index is 5.45. The van der Waals surface area contributed by atoms with Crippen LogP contribution in [0, 0.1) is 5.92 Å². The van der Waals surface area contributed by atoms with Crippen LogP contribution in [0.2, 0.25) is 0 Å². The summed E-state index contributed by atoms with van der Waals surface area (Å²) in [6.45, 7) is 0. The highest BCUT2D eigenvalue weighted by Gasteiger charge is 2.33. The van der Waals surface area contributed by atoms with Gasteiger partial charge < -0.3 is 0 Å². The molecule has 1 atom stereocenters. The number of aryl methyl sites for hydroxylation is 1. The second-order valence-electron chi connectivity index (χ2n) is 3.26. The van der Waals surface area contributed by atoms with Crippen molar-refractivity contribution in [3.8, 4) is 0 Å². The zero-order valence-electron chi connectivity index (χ0n) is 7.07. The van der Waals surface area contributed by atoms with Gasteiger partial charge in [0.1, 0.15) is 0 Å². The van der Waals surface area contributed by atoms with Gasteiger partial charge in [0.05, 0.1) is 17.9 Å². The first-order valence-corrected chi connectivity index (χ1v) is 4.13. The third kappa shape index (κ3) is 1.21. The molecule has 1 fully saturated rings. The molecule has 0 radical (unpaired) electrons. The molecule has 1 unspecified atom stereocenters. The lowest BCUT2D eigenvalue weighted by Gasteiger charge is -2.13. The lowest BCUT2D eigenvalue weighted by molar-refractivity contribution is 0.461. The molecule has 66 valence electrons. The molecular formula is C7H13N5. The molecule has 0 amide bonds. The summed E-state index contributed by atoms with van der Waals surface area (Å²) in [5.74, 6) is 6.13. The van der Waals surface area contributed by atoms with Crippen LogP contribution in [0.4, 0.5) is 0 Å². The van der Waals surface area contributed by atoms with E-state index in [-0.39, 0.29) is 6.04 Å². The van der Waals surface area contributed by atoms with E-state index < -0.39 is 0 Å². The minimum atomic E-state index is 0.227. The lowest BCUT2D eigenvalue weighted by Crippen LogP contribution is -2.30. The highest BCUT2D eigenvalue weighted by atomic mass is 15.4. The standard InChI is InChI=1S/C7H13N5/c1-12-6(4-9-11-12)7(10-8)5-2-3-5/h4-5,7,10H,2-3,8H2,1H3. The highest BCUT2D eigenvalue weighted by molar-refractivity contribution is 5.06. The Kier molecular flexibility index (Phi) is 1.82. The zero-order chi connectivity index (χ0) is 8.55. The van der Waals surface area contributed by atoms with Gasteiger partial charge in [-0.3, -0.25) is 16.0 Å². The van der Waals surface area contributed by atoms with Crippen molar-refractivity contribution in [2.75, 3.05) is 0 Å². The van der Waals surface area contributed by atoms with E-state index in [2.05, 4.69) is 15.7 Å². The largest absolute Gasteiger partial charge is 0.271 e. The van der Waals surface area contributed by atoms with Crippen LogP contribution in [0.1, 0.15) is 24.6 Å². The number of nitrogens with two attached hydrogens (primary N) is 1. The fraction of sp³-hybridized carbons (Fsp3) is 0.714. The van der Waals surface area contributed by atoms with Gasteiger partial charge in [-0.2, -0.15) is 0 Å². The van der Waals surface area contributed by atoms with Crippen LogP contribution < -0.4 is 11.3 Å². The number of hydrogen-bond acceptors (Lipinski definition) is 4. The Morgan fingerprint density at radius 2 is 2.50 bits per heavy atom. The molecule has 2 rings (SSSR count). The Bertz CT molecular complexity index is 265. The molecule has 0 spiro atoms. The fourth-order valence-electron chi connectivity index (χ4n) is 1.47. The van der Waals surface area contributed by atoms with Gasteiger partial charge in [0.15, 0.2) is 0 Å². The Morgan fingerprint density at radius 1 is 1.75 bits per heavy atom. The topological polar surface area (TPSA) is 68.8 Å². The molecule has 5 nitrogen and oxygen atoms in total. The van der Waals surface area contributed by atoms with E-state index in [1.807, 2.05) is 7.05 Å². The third-order valence-electron chi connectivity index (χ3n) is 2.34. The normalized spacial score (nSPS) is 19.5. The Hall–Kier alpha value is -0.940. The molecule has 1 heterocycles. The molecule has 0 bridgehead atoms. The monoisotopic (exact) mass is 167 g/mol. The van der Waals surface area contributed by atoms with Crippen LogP contribution in [0.25, 0.3) is 0 Å². The van der Waals surface area contributed by atoms with Crippen LogP contribution >= 0.6 is 0 Å². The molecular weight excluding hydrogens is 154 g/mol. The van der Waals surface area contributed by atoms with Crippen molar-refractivity contribution in [1.29, 1.82) is 0 Å². The number of hydrogen-bond donors (Lipinski definition) is 2. The van der Waals surface area contributed by atoms with E-state index >= 15 is 0 Å². The average molecular weight is 167 g/mol. The molecule has 1 saturated carbocycles. The van der Waals surface area contributed by atoms with E-state index in [1.54, 1.807) is 10.9 Å². The van der Waals surface area contributed by atoms with Crippen molar-refractivity contribution in [3.63, 3.8) is 0 Å². The number of nitrogens with one attached hydrogen (secondary N) is 1. The Morgan fingerprint density at radius 3 is 2.92 bits per heavy atom. The molecule has 0 aliphatic heterocycles. The number of hydrazine groups is 1. The maximum absolute atomic E-state index is 5.45. The van der Waals surface area contributed by atoms with Gasteiger partial charge >= 0.3 is 0 Å².